The van der Waals surface area contributed by atoms with Gasteiger partial charge < -0.3 is 10.7 Å². The molecule has 3 nitrogen and oxygen atoms in total. The van der Waals surface area contributed by atoms with Gasteiger partial charge in [-0.25, -0.2) is 0 Å². The number of nitrogens with two attached hydrogens (primary N) is 1. The molecule has 1 aromatic rings. The minimum Gasteiger partial charge on any atom is -0.362 e. The van der Waals surface area contributed by atoms with Crippen LogP contribution in [0.3, 0.4) is 0 Å². The smallest absolute Gasteiger partial charge is 0.186 e. The van der Waals surface area contributed by atoms with Crippen LogP contribution in [0, 0.1) is 13.8 Å². The number of hydrogen-bond donors (Lipinski definition) is 2. The summed E-state index contributed by atoms with van der Waals surface area (Å²) in [5.74, 6) is 0. The fourth-order valence-corrected chi connectivity index (χ4v) is 1.42. The molecule has 0 spiro atoms. The van der Waals surface area contributed by atoms with E-state index >= 15 is 0 Å². The average Bonchev–Trinajstić information content (AvgIpc) is 1.82. The first-order valence-corrected chi connectivity index (χ1v) is 3.98. The lowest BCUT2D eigenvalue weighted by Crippen LogP contribution is -2.20. The fourth-order valence-electron chi connectivity index (χ4n) is 1.42. The Balaban J connectivity index is 3.39. The van der Waals surface area contributed by atoms with Gasteiger partial charge in [0.2, 0.25) is 0 Å². The van der Waals surface area contributed by atoms with Crippen LogP contribution in [0.1, 0.15) is 29.9 Å². The molecule has 0 aromatic carbocycles. The highest BCUT2D eigenvalue weighted by molar-refractivity contribution is 5.24. The van der Waals surface area contributed by atoms with E-state index in [0.717, 1.165) is 11.4 Å². The van der Waals surface area contributed by atoms with Gasteiger partial charge in [0.1, 0.15) is 0 Å². The van der Waals surface area contributed by atoms with Crippen molar-refractivity contribution in [1.82, 2.24) is 4.98 Å². The summed E-state index contributed by atoms with van der Waals surface area (Å²) >= 11 is 0. The largest absolute Gasteiger partial charge is 0.362 e. The summed E-state index contributed by atoms with van der Waals surface area (Å²) in [6.45, 7) is 5.54. The molecule has 3 N–H and O–H groups in total. The third-order valence-corrected chi connectivity index (χ3v) is 1.86. The normalized spacial score (nSPS) is 13.0. The maximum atomic E-state index is 11.4. The van der Waals surface area contributed by atoms with Crippen LogP contribution in [-0.2, 0) is 0 Å². The van der Waals surface area contributed by atoms with E-state index in [1.807, 2.05) is 20.8 Å². The lowest BCUT2D eigenvalue weighted by atomic mass is 10.1. The van der Waals surface area contributed by atoms with Crippen molar-refractivity contribution in [2.45, 2.75) is 26.8 Å². The Morgan fingerprint density at radius 1 is 1.50 bits per heavy atom. The van der Waals surface area contributed by atoms with Crippen molar-refractivity contribution < 1.29 is 0 Å². The molecule has 0 aliphatic carbocycles. The van der Waals surface area contributed by atoms with Crippen LogP contribution < -0.4 is 11.2 Å². The quantitative estimate of drug-likeness (QED) is 0.654. The molecule has 0 saturated carbocycles. The van der Waals surface area contributed by atoms with Gasteiger partial charge in [-0.15, -0.1) is 0 Å². The SMILES string of the molecule is Cc1cc(=O)c([C@H](C)N)c(C)[nH]1. The van der Waals surface area contributed by atoms with Crippen LogP contribution in [0.2, 0.25) is 0 Å². The van der Waals surface area contributed by atoms with Crippen molar-refractivity contribution >= 4 is 0 Å². The third kappa shape index (κ3) is 1.56. The van der Waals surface area contributed by atoms with Crippen LogP contribution in [0.5, 0.6) is 0 Å². The maximum absolute atomic E-state index is 11.4. The summed E-state index contributed by atoms with van der Waals surface area (Å²) in [7, 11) is 0. The maximum Gasteiger partial charge on any atom is 0.186 e. The van der Waals surface area contributed by atoms with Gasteiger partial charge in [-0.05, 0) is 20.8 Å². The molecular weight excluding hydrogens is 152 g/mol. The minimum absolute atomic E-state index is 0.0266. The molecule has 0 aliphatic rings. The highest BCUT2D eigenvalue weighted by Crippen LogP contribution is 2.07. The number of pyridine rings is 1. The summed E-state index contributed by atoms with van der Waals surface area (Å²) < 4.78 is 0. The Kier molecular flexibility index (Phi) is 2.33. The molecule has 3 heteroatoms. The summed E-state index contributed by atoms with van der Waals surface area (Å²) in [4.78, 5) is 14.5. The van der Waals surface area contributed by atoms with Crippen LogP contribution in [0.25, 0.3) is 0 Å². The molecular formula is C9H14N2O. The zero-order chi connectivity index (χ0) is 9.30. The molecule has 0 aliphatic heterocycles. The Hall–Kier alpha value is -1.09. The van der Waals surface area contributed by atoms with Crippen LogP contribution in [0.4, 0.5) is 0 Å². The summed E-state index contributed by atoms with van der Waals surface area (Å²) in [5.41, 5.74) is 8.10. The van der Waals surface area contributed by atoms with Crippen molar-refractivity contribution in [3.8, 4) is 0 Å². The van der Waals surface area contributed by atoms with Gasteiger partial charge in [-0.1, -0.05) is 0 Å². The van der Waals surface area contributed by atoms with Crippen molar-refractivity contribution in [2.75, 3.05) is 0 Å². The van der Waals surface area contributed by atoms with E-state index in [1.54, 1.807) is 6.07 Å². The fraction of sp³-hybridized carbons (Fsp3) is 0.444. The zero-order valence-corrected chi connectivity index (χ0v) is 7.64. The predicted octanol–water partition coefficient (Wildman–Crippen LogP) is 1.01. The van der Waals surface area contributed by atoms with Crippen LogP contribution in [-0.4, -0.2) is 4.98 Å². The number of hydrogen-bond acceptors (Lipinski definition) is 2. The van der Waals surface area contributed by atoms with Gasteiger partial charge in [0.25, 0.3) is 0 Å². The lowest BCUT2D eigenvalue weighted by Gasteiger charge is -2.08. The Labute approximate surface area is 71.6 Å². The number of aromatic amines is 1. The molecule has 66 valence electrons. The van der Waals surface area contributed by atoms with E-state index in [0.29, 0.717) is 5.56 Å². The van der Waals surface area contributed by atoms with Gasteiger partial charge in [-0.3, -0.25) is 4.79 Å². The standard InChI is InChI=1S/C9H14N2O/c1-5-4-8(12)9(6(2)10)7(3)11-5/h4,6H,10H2,1-3H3,(H,11,12)/t6-/m0/s1. The first-order valence-electron chi connectivity index (χ1n) is 3.98. The van der Waals surface area contributed by atoms with Crippen LogP contribution >= 0.6 is 0 Å². The van der Waals surface area contributed by atoms with E-state index in [1.165, 1.54) is 0 Å². The number of H-pyrrole nitrogens is 1. The zero-order valence-electron chi connectivity index (χ0n) is 7.64. The number of aromatic nitrogens is 1. The van der Waals surface area contributed by atoms with E-state index in [-0.39, 0.29) is 11.5 Å². The van der Waals surface area contributed by atoms with Crippen molar-refractivity contribution in [1.29, 1.82) is 0 Å². The van der Waals surface area contributed by atoms with Crippen molar-refractivity contribution in [3.63, 3.8) is 0 Å². The molecule has 1 heterocycles. The number of aryl methyl sites for hydroxylation is 2. The highest BCUT2D eigenvalue weighted by atomic mass is 16.1. The second-order valence-corrected chi connectivity index (χ2v) is 3.14. The van der Waals surface area contributed by atoms with E-state index in [2.05, 4.69) is 4.98 Å². The van der Waals surface area contributed by atoms with Gasteiger partial charge >= 0.3 is 0 Å². The Morgan fingerprint density at radius 2 is 2.08 bits per heavy atom. The van der Waals surface area contributed by atoms with E-state index in [9.17, 15) is 4.79 Å². The average molecular weight is 166 g/mol. The van der Waals surface area contributed by atoms with E-state index < -0.39 is 0 Å². The predicted molar refractivity (Wildman–Crippen MR) is 49.1 cm³/mol. The molecule has 0 radical (unpaired) electrons. The third-order valence-electron chi connectivity index (χ3n) is 1.86. The van der Waals surface area contributed by atoms with Gasteiger partial charge in [0.15, 0.2) is 5.43 Å². The Bertz CT molecular complexity index is 339. The second-order valence-electron chi connectivity index (χ2n) is 3.14. The summed E-state index contributed by atoms with van der Waals surface area (Å²) in [5, 5.41) is 0. The molecule has 0 unspecified atom stereocenters. The van der Waals surface area contributed by atoms with Crippen LogP contribution in [0.15, 0.2) is 10.9 Å². The number of rotatable bonds is 1. The topological polar surface area (TPSA) is 58.9 Å². The lowest BCUT2D eigenvalue weighted by molar-refractivity contribution is 0.788. The molecule has 1 atom stereocenters. The molecule has 0 amide bonds. The van der Waals surface area contributed by atoms with Gasteiger partial charge in [-0.2, -0.15) is 0 Å². The molecule has 0 saturated heterocycles. The van der Waals surface area contributed by atoms with Gasteiger partial charge in [0, 0.05) is 29.1 Å². The molecule has 1 rings (SSSR count). The minimum atomic E-state index is -0.200. The first kappa shape index (κ1) is 9.00. The summed E-state index contributed by atoms with van der Waals surface area (Å²) in [6, 6.07) is 1.38. The first-order chi connectivity index (χ1) is 5.52. The molecule has 0 bridgehead atoms. The van der Waals surface area contributed by atoms with E-state index in [4.69, 9.17) is 5.73 Å². The summed E-state index contributed by atoms with van der Waals surface area (Å²) in [6.07, 6.45) is 0. The second kappa shape index (κ2) is 3.11. The molecule has 0 fully saturated rings. The number of nitrogens with one attached hydrogen (secondary N) is 1. The van der Waals surface area contributed by atoms with Crippen molar-refractivity contribution in [3.05, 3.63) is 33.2 Å². The highest BCUT2D eigenvalue weighted by Gasteiger charge is 2.08. The van der Waals surface area contributed by atoms with Crippen molar-refractivity contribution in [2.24, 2.45) is 5.73 Å². The molecule has 1 aromatic heterocycles. The van der Waals surface area contributed by atoms with Gasteiger partial charge in [0.05, 0.1) is 0 Å². The monoisotopic (exact) mass is 166 g/mol. The molecule has 12 heavy (non-hydrogen) atoms. The Morgan fingerprint density at radius 3 is 2.50 bits per heavy atom.